The molecule has 0 saturated carbocycles. The molecule has 1 aliphatic rings. The largest absolute Gasteiger partial charge is 0.389 e. The van der Waals surface area contributed by atoms with Crippen molar-refractivity contribution in [1.82, 2.24) is 20.3 Å². The SMILES string of the molecule is Cc1cc(F)ccc1[C@@H](C)n1cc(CC2(O)CCNCC2)nn1. The minimum absolute atomic E-state index is 0.0282. The zero-order valence-electron chi connectivity index (χ0n) is 13.6. The summed E-state index contributed by atoms with van der Waals surface area (Å²) < 4.78 is 15.0. The Labute approximate surface area is 135 Å². The van der Waals surface area contributed by atoms with Crippen molar-refractivity contribution in [2.24, 2.45) is 0 Å². The number of rotatable bonds is 4. The highest BCUT2D eigenvalue weighted by molar-refractivity contribution is 5.29. The zero-order chi connectivity index (χ0) is 16.4. The molecule has 0 unspecified atom stereocenters. The molecule has 124 valence electrons. The van der Waals surface area contributed by atoms with Gasteiger partial charge in [-0.05, 0) is 63.0 Å². The number of aryl methyl sites for hydroxylation is 1. The minimum atomic E-state index is -0.693. The van der Waals surface area contributed by atoms with Gasteiger partial charge in [0.05, 0.1) is 17.3 Å². The maximum absolute atomic E-state index is 13.3. The monoisotopic (exact) mass is 318 g/mol. The normalized spacial score (nSPS) is 18.8. The molecule has 1 saturated heterocycles. The molecule has 1 aliphatic heterocycles. The number of nitrogens with one attached hydrogen (secondary N) is 1. The molecule has 0 bridgehead atoms. The Morgan fingerprint density at radius 3 is 2.83 bits per heavy atom. The van der Waals surface area contributed by atoms with Crippen LogP contribution in [0.2, 0.25) is 0 Å². The molecule has 5 nitrogen and oxygen atoms in total. The van der Waals surface area contributed by atoms with Gasteiger partial charge in [-0.2, -0.15) is 0 Å². The van der Waals surface area contributed by atoms with Crippen LogP contribution in [0.25, 0.3) is 0 Å². The van der Waals surface area contributed by atoms with Gasteiger partial charge in [0.25, 0.3) is 0 Å². The molecule has 0 aliphatic carbocycles. The summed E-state index contributed by atoms with van der Waals surface area (Å²) in [7, 11) is 0. The number of benzene rings is 1. The number of aliphatic hydroxyl groups is 1. The molecule has 1 aromatic heterocycles. The van der Waals surface area contributed by atoms with Crippen LogP contribution in [-0.2, 0) is 6.42 Å². The van der Waals surface area contributed by atoms with Gasteiger partial charge in [-0.1, -0.05) is 11.3 Å². The zero-order valence-corrected chi connectivity index (χ0v) is 13.6. The lowest BCUT2D eigenvalue weighted by Crippen LogP contribution is -2.43. The first kappa shape index (κ1) is 16.1. The molecule has 0 amide bonds. The van der Waals surface area contributed by atoms with E-state index in [-0.39, 0.29) is 11.9 Å². The molecule has 3 rings (SSSR count). The third-order valence-electron chi connectivity index (χ3n) is 4.68. The van der Waals surface area contributed by atoms with Gasteiger partial charge in [0.15, 0.2) is 0 Å². The van der Waals surface area contributed by atoms with Crippen LogP contribution < -0.4 is 5.32 Å². The predicted molar refractivity (Wildman–Crippen MR) is 85.7 cm³/mol. The van der Waals surface area contributed by atoms with Gasteiger partial charge in [0.2, 0.25) is 0 Å². The lowest BCUT2D eigenvalue weighted by Gasteiger charge is -2.31. The van der Waals surface area contributed by atoms with Crippen LogP contribution >= 0.6 is 0 Å². The van der Waals surface area contributed by atoms with Crippen molar-refractivity contribution in [3.8, 4) is 0 Å². The lowest BCUT2D eigenvalue weighted by atomic mass is 9.88. The first-order valence-electron chi connectivity index (χ1n) is 8.07. The molecular weight excluding hydrogens is 295 g/mol. The summed E-state index contributed by atoms with van der Waals surface area (Å²) in [4.78, 5) is 0. The second-order valence-corrected chi connectivity index (χ2v) is 6.52. The van der Waals surface area contributed by atoms with Gasteiger partial charge in [-0.3, -0.25) is 0 Å². The third kappa shape index (κ3) is 3.59. The first-order chi connectivity index (χ1) is 11.0. The van der Waals surface area contributed by atoms with Crippen LogP contribution in [0.5, 0.6) is 0 Å². The highest BCUT2D eigenvalue weighted by Crippen LogP contribution is 2.25. The van der Waals surface area contributed by atoms with E-state index < -0.39 is 5.60 Å². The van der Waals surface area contributed by atoms with Crippen molar-refractivity contribution in [3.05, 3.63) is 47.0 Å². The molecular formula is C17H23FN4O. The first-order valence-corrected chi connectivity index (χ1v) is 8.07. The Kier molecular flexibility index (Phi) is 4.46. The van der Waals surface area contributed by atoms with Crippen molar-refractivity contribution >= 4 is 0 Å². The van der Waals surface area contributed by atoms with E-state index in [0.717, 1.165) is 42.8 Å². The predicted octanol–water partition coefficient (Wildman–Crippen LogP) is 1.99. The molecule has 0 spiro atoms. The van der Waals surface area contributed by atoms with Crippen molar-refractivity contribution in [2.45, 2.75) is 44.8 Å². The average Bonchev–Trinajstić information content (AvgIpc) is 2.95. The number of piperidine rings is 1. The van der Waals surface area contributed by atoms with Crippen LogP contribution in [0.3, 0.4) is 0 Å². The number of aromatic nitrogens is 3. The molecule has 1 atom stereocenters. The van der Waals surface area contributed by atoms with E-state index >= 15 is 0 Å². The fourth-order valence-corrected chi connectivity index (χ4v) is 3.24. The van der Waals surface area contributed by atoms with Crippen LogP contribution in [-0.4, -0.2) is 38.8 Å². The standard InChI is InChI=1S/C17H23FN4O/c1-12-9-14(18)3-4-16(12)13(2)22-11-15(20-21-22)10-17(23)5-7-19-8-6-17/h3-4,9,11,13,19,23H,5-8,10H2,1-2H3/t13-/m1/s1. The van der Waals surface area contributed by atoms with Crippen molar-refractivity contribution in [1.29, 1.82) is 0 Å². The minimum Gasteiger partial charge on any atom is -0.389 e. The van der Waals surface area contributed by atoms with Gasteiger partial charge < -0.3 is 10.4 Å². The van der Waals surface area contributed by atoms with E-state index in [9.17, 15) is 9.50 Å². The highest BCUT2D eigenvalue weighted by Gasteiger charge is 2.30. The molecule has 2 heterocycles. The maximum Gasteiger partial charge on any atom is 0.123 e. The Bertz CT molecular complexity index is 679. The van der Waals surface area contributed by atoms with Crippen LogP contribution in [0.1, 0.15) is 42.6 Å². The Balaban J connectivity index is 1.75. The van der Waals surface area contributed by atoms with E-state index in [1.165, 1.54) is 12.1 Å². The summed E-state index contributed by atoms with van der Waals surface area (Å²) >= 11 is 0. The Morgan fingerprint density at radius 1 is 1.39 bits per heavy atom. The number of hydrogen-bond acceptors (Lipinski definition) is 4. The number of nitrogens with zero attached hydrogens (tertiary/aromatic N) is 3. The molecule has 2 aromatic rings. The smallest absolute Gasteiger partial charge is 0.123 e. The summed E-state index contributed by atoms with van der Waals surface area (Å²) in [5.41, 5.74) is 2.01. The Hall–Kier alpha value is -1.79. The van der Waals surface area contributed by atoms with E-state index in [1.54, 1.807) is 10.7 Å². The fourth-order valence-electron chi connectivity index (χ4n) is 3.24. The average molecular weight is 318 g/mol. The second-order valence-electron chi connectivity index (χ2n) is 6.52. The van der Waals surface area contributed by atoms with Crippen molar-refractivity contribution in [2.75, 3.05) is 13.1 Å². The highest BCUT2D eigenvalue weighted by atomic mass is 19.1. The van der Waals surface area contributed by atoms with E-state index in [4.69, 9.17) is 0 Å². The fraction of sp³-hybridized carbons (Fsp3) is 0.529. The maximum atomic E-state index is 13.3. The number of halogens is 1. The molecule has 0 radical (unpaired) electrons. The van der Waals surface area contributed by atoms with E-state index in [1.807, 2.05) is 20.0 Å². The molecule has 2 N–H and O–H groups in total. The van der Waals surface area contributed by atoms with Gasteiger partial charge in [0, 0.05) is 12.6 Å². The molecule has 1 fully saturated rings. The van der Waals surface area contributed by atoms with Gasteiger partial charge in [-0.15, -0.1) is 5.10 Å². The number of hydrogen-bond donors (Lipinski definition) is 2. The quantitative estimate of drug-likeness (QED) is 0.905. The van der Waals surface area contributed by atoms with Crippen molar-refractivity contribution < 1.29 is 9.50 Å². The second kappa shape index (κ2) is 6.37. The molecule has 1 aromatic carbocycles. The van der Waals surface area contributed by atoms with Crippen LogP contribution in [0, 0.1) is 12.7 Å². The lowest BCUT2D eigenvalue weighted by molar-refractivity contribution is 0.00999. The molecule has 6 heteroatoms. The van der Waals surface area contributed by atoms with Gasteiger partial charge in [0.1, 0.15) is 5.82 Å². The summed E-state index contributed by atoms with van der Waals surface area (Å²) in [5.74, 6) is -0.231. The van der Waals surface area contributed by atoms with Gasteiger partial charge >= 0.3 is 0 Å². The summed E-state index contributed by atoms with van der Waals surface area (Å²) in [6.45, 7) is 5.56. The summed E-state index contributed by atoms with van der Waals surface area (Å²) in [6, 6.07) is 4.76. The summed E-state index contributed by atoms with van der Waals surface area (Å²) in [6.07, 6.45) is 3.86. The van der Waals surface area contributed by atoms with Gasteiger partial charge in [-0.25, -0.2) is 9.07 Å². The molecule has 23 heavy (non-hydrogen) atoms. The van der Waals surface area contributed by atoms with E-state index in [2.05, 4.69) is 15.6 Å². The summed E-state index contributed by atoms with van der Waals surface area (Å²) in [5, 5.41) is 22.3. The van der Waals surface area contributed by atoms with E-state index in [0.29, 0.717) is 6.42 Å². The Morgan fingerprint density at radius 2 is 2.13 bits per heavy atom. The van der Waals surface area contributed by atoms with Crippen LogP contribution in [0.4, 0.5) is 4.39 Å². The van der Waals surface area contributed by atoms with Crippen LogP contribution in [0.15, 0.2) is 24.4 Å². The van der Waals surface area contributed by atoms with Crippen molar-refractivity contribution in [3.63, 3.8) is 0 Å². The third-order valence-corrected chi connectivity index (χ3v) is 4.68. The topological polar surface area (TPSA) is 63.0 Å².